The second kappa shape index (κ2) is 14.8. The molecule has 36 heavy (non-hydrogen) atoms. The molecule has 196 valence electrons. The molecule has 0 spiro atoms. The van der Waals surface area contributed by atoms with Crippen molar-refractivity contribution in [2.75, 3.05) is 0 Å². The van der Waals surface area contributed by atoms with E-state index in [1.165, 1.54) is 119 Å². The Morgan fingerprint density at radius 2 is 1.08 bits per heavy atom. The van der Waals surface area contributed by atoms with Crippen LogP contribution < -0.4 is 0 Å². The topological polar surface area (TPSA) is 0 Å². The van der Waals surface area contributed by atoms with Crippen molar-refractivity contribution in [2.24, 2.45) is 17.8 Å². The van der Waals surface area contributed by atoms with Gasteiger partial charge in [-0.1, -0.05) is 126 Å². The van der Waals surface area contributed by atoms with Crippen molar-refractivity contribution < 1.29 is 0 Å². The zero-order valence-electron chi connectivity index (χ0n) is 23.4. The predicted octanol–water partition coefficient (Wildman–Crippen LogP) is 11.6. The number of rotatable bonds is 12. The summed E-state index contributed by atoms with van der Waals surface area (Å²) in [5.74, 6) is 3.55. The Hall–Kier alpha value is -1.82. The quantitative estimate of drug-likeness (QED) is 0.263. The number of hydrogen-bond donors (Lipinski definition) is 0. The number of benzene rings is 2. The van der Waals surface area contributed by atoms with E-state index in [1.54, 1.807) is 5.56 Å². The van der Waals surface area contributed by atoms with Crippen molar-refractivity contribution in [3.63, 3.8) is 0 Å². The second-order valence-corrected chi connectivity index (χ2v) is 12.1. The fourth-order valence-electron chi connectivity index (χ4n) is 6.80. The van der Waals surface area contributed by atoms with Crippen molar-refractivity contribution in [3.05, 3.63) is 65.7 Å². The SMILES string of the molecule is CCCCCC1CCC(/C=C/c2ccc(-c3ccc(C4CCC(CCCCC)CC4)cc3)cc2)CC1. The lowest BCUT2D eigenvalue weighted by atomic mass is 9.77. The molecular weight excluding hydrogens is 432 g/mol. The molecule has 2 fully saturated rings. The molecule has 0 heteroatoms. The Labute approximate surface area is 223 Å². The summed E-state index contributed by atoms with van der Waals surface area (Å²) in [6.45, 7) is 4.62. The molecule has 0 radical (unpaired) electrons. The summed E-state index contributed by atoms with van der Waals surface area (Å²) in [6, 6.07) is 18.7. The lowest BCUT2D eigenvalue weighted by molar-refractivity contribution is 0.290. The summed E-state index contributed by atoms with van der Waals surface area (Å²) >= 11 is 0. The largest absolute Gasteiger partial charge is 0.0808 e. The summed E-state index contributed by atoms with van der Waals surface area (Å²) < 4.78 is 0. The minimum absolute atomic E-state index is 0.778. The van der Waals surface area contributed by atoms with Crippen LogP contribution in [0, 0.1) is 17.8 Å². The third kappa shape index (κ3) is 8.36. The molecule has 0 heterocycles. The average molecular weight is 485 g/mol. The Kier molecular flexibility index (Phi) is 11.2. The minimum Gasteiger partial charge on any atom is -0.0808 e. The first-order valence-electron chi connectivity index (χ1n) is 15.6. The van der Waals surface area contributed by atoms with Gasteiger partial charge < -0.3 is 0 Å². The normalized spacial score (nSPS) is 24.8. The highest BCUT2D eigenvalue weighted by molar-refractivity contribution is 5.66. The van der Waals surface area contributed by atoms with Crippen molar-refractivity contribution in [2.45, 2.75) is 122 Å². The molecule has 2 aliphatic rings. The molecular formula is C36H52. The molecule has 2 aromatic rings. The fraction of sp³-hybridized carbons (Fsp3) is 0.611. The van der Waals surface area contributed by atoms with Crippen LogP contribution in [0.3, 0.4) is 0 Å². The lowest BCUT2D eigenvalue weighted by Crippen LogP contribution is -2.13. The Morgan fingerprint density at radius 1 is 0.583 bits per heavy atom. The van der Waals surface area contributed by atoms with Crippen molar-refractivity contribution in [3.8, 4) is 11.1 Å². The van der Waals surface area contributed by atoms with E-state index in [2.05, 4.69) is 74.5 Å². The zero-order valence-corrected chi connectivity index (χ0v) is 23.4. The van der Waals surface area contributed by atoms with Gasteiger partial charge >= 0.3 is 0 Å². The van der Waals surface area contributed by atoms with Gasteiger partial charge in [-0.05, 0) is 97.3 Å². The van der Waals surface area contributed by atoms with Gasteiger partial charge in [-0.25, -0.2) is 0 Å². The fourth-order valence-corrected chi connectivity index (χ4v) is 6.80. The maximum Gasteiger partial charge on any atom is -0.0162 e. The summed E-state index contributed by atoms with van der Waals surface area (Å²) in [7, 11) is 0. The Bertz CT molecular complexity index is 871. The highest BCUT2D eigenvalue weighted by Crippen LogP contribution is 2.38. The van der Waals surface area contributed by atoms with E-state index in [9.17, 15) is 0 Å². The third-order valence-electron chi connectivity index (χ3n) is 9.36. The highest BCUT2D eigenvalue weighted by atomic mass is 14.3. The van der Waals surface area contributed by atoms with Crippen LogP contribution in [-0.2, 0) is 0 Å². The number of hydrogen-bond acceptors (Lipinski definition) is 0. The van der Waals surface area contributed by atoms with Crippen LogP contribution in [0.5, 0.6) is 0 Å². The standard InChI is InChI=1S/C36H52/c1-3-5-7-9-29-11-13-31(14-12-29)15-16-32-19-23-34(24-20-32)36-27-25-35(26-28-36)33-21-17-30(18-22-33)10-8-6-4-2/h15-16,19-20,23-31,33H,3-14,17-18,21-22H2,1-2H3/b16-15+. The second-order valence-electron chi connectivity index (χ2n) is 12.1. The molecule has 0 amide bonds. The molecule has 0 aromatic heterocycles. The van der Waals surface area contributed by atoms with Gasteiger partial charge in [-0.15, -0.1) is 0 Å². The van der Waals surface area contributed by atoms with Crippen LogP contribution in [-0.4, -0.2) is 0 Å². The number of unbranched alkanes of at least 4 members (excludes halogenated alkanes) is 4. The first kappa shape index (κ1) is 27.2. The summed E-state index contributed by atoms with van der Waals surface area (Å²) in [4.78, 5) is 0. The van der Waals surface area contributed by atoms with Crippen LogP contribution in [0.15, 0.2) is 54.6 Å². The van der Waals surface area contributed by atoms with Crippen LogP contribution >= 0.6 is 0 Å². The van der Waals surface area contributed by atoms with Gasteiger partial charge in [0.1, 0.15) is 0 Å². The molecule has 0 aliphatic heterocycles. The van der Waals surface area contributed by atoms with Crippen LogP contribution in [0.25, 0.3) is 17.2 Å². The average Bonchev–Trinajstić information content (AvgIpc) is 2.94. The molecule has 0 bridgehead atoms. The highest BCUT2D eigenvalue weighted by Gasteiger charge is 2.22. The first-order valence-corrected chi connectivity index (χ1v) is 15.6. The first-order chi connectivity index (χ1) is 17.7. The van der Waals surface area contributed by atoms with E-state index in [1.807, 2.05) is 0 Å². The molecule has 0 N–H and O–H groups in total. The van der Waals surface area contributed by atoms with Crippen molar-refractivity contribution in [1.29, 1.82) is 0 Å². The van der Waals surface area contributed by atoms with E-state index in [0.29, 0.717) is 0 Å². The summed E-state index contributed by atoms with van der Waals surface area (Å²) in [5.41, 5.74) is 5.59. The van der Waals surface area contributed by atoms with Gasteiger partial charge in [0.25, 0.3) is 0 Å². The van der Waals surface area contributed by atoms with Gasteiger partial charge in [0, 0.05) is 0 Å². The van der Waals surface area contributed by atoms with E-state index in [4.69, 9.17) is 0 Å². The third-order valence-corrected chi connectivity index (χ3v) is 9.36. The maximum absolute atomic E-state index is 2.49. The maximum atomic E-state index is 2.49. The van der Waals surface area contributed by atoms with E-state index < -0.39 is 0 Å². The molecule has 0 saturated heterocycles. The van der Waals surface area contributed by atoms with Gasteiger partial charge in [0.05, 0.1) is 0 Å². The molecule has 2 aliphatic carbocycles. The molecule has 4 rings (SSSR count). The van der Waals surface area contributed by atoms with Crippen LogP contribution in [0.4, 0.5) is 0 Å². The monoisotopic (exact) mass is 484 g/mol. The van der Waals surface area contributed by atoms with E-state index >= 15 is 0 Å². The molecule has 0 atom stereocenters. The Balaban J connectivity index is 1.22. The number of allylic oxidation sites excluding steroid dienone is 1. The van der Waals surface area contributed by atoms with Crippen LogP contribution in [0.1, 0.15) is 134 Å². The van der Waals surface area contributed by atoms with Crippen LogP contribution in [0.2, 0.25) is 0 Å². The lowest BCUT2D eigenvalue weighted by Gasteiger charge is -2.29. The predicted molar refractivity (Wildman–Crippen MR) is 159 cm³/mol. The summed E-state index contributed by atoms with van der Waals surface area (Å²) in [5, 5.41) is 0. The molecule has 2 aromatic carbocycles. The van der Waals surface area contributed by atoms with Gasteiger partial charge in [0.15, 0.2) is 0 Å². The van der Waals surface area contributed by atoms with Gasteiger partial charge in [0.2, 0.25) is 0 Å². The van der Waals surface area contributed by atoms with Gasteiger partial charge in [-0.3, -0.25) is 0 Å². The van der Waals surface area contributed by atoms with E-state index in [0.717, 1.165) is 23.7 Å². The minimum atomic E-state index is 0.778. The van der Waals surface area contributed by atoms with Crippen molar-refractivity contribution in [1.82, 2.24) is 0 Å². The van der Waals surface area contributed by atoms with E-state index in [-0.39, 0.29) is 0 Å². The van der Waals surface area contributed by atoms with Crippen molar-refractivity contribution >= 4 is 6.08 Å². The molecule has 0 nitrogen and oxygen atoms in total. The Morgan fingerprint density at radius 3 is 1.61 bits per heavy atom. The molecule has 0 unspecified atom stereocenters. The van der Waals surface area contributed by atoms with Gasteiger partial charge in [-0.2, -0.15) is 0 Å². The smallest absolute Gasteiger partial charge is 0.0162 e. The summed E-state index contributed by atoms with van der Waals surface area (Å²) in [6.07, 6.45) is 27.5. The zero-order chi connectivity index (χ0) is 25.0. The molecule has 2 saturated carbocycles.